The molecule has 1 aliphatic heterocycles. The number of rotatable bonds is 7. The first-order chi connectivity index (χ1) is 15.6. The second-order valence-corrected chi connectivity index (χ2v) is 7.53. The van der Waals surface area contributed by atoms with Gasteiger partial charge in [0.25, 0.3) is 5.91 Å². The smallest absolute Gasteiger partial charge is 0.257 e. The van der Waals surface area contributed by atoms with Crippen LogP contribution >= 0.6 is 0 Å². The highest BCUT2D eigenvalue weighted by molar-refractivity contribution is 6.01. The average Bonchev–Trinajstić information content (AvgIpc) is 2.82. The molecule has 3 aromatic carbocycles. The van der Waals surface area contributed by atoms with Crippen LogP contribution in [-0.2, 0) is 4.79 Å². The molecule has 0 aromatic heterocycles. The van der Waals surface area contributed by atoms with Crippen molar-refractivity contribution in [1.82, 2.24) is 4.90 Å². The number of anilines is 2. The quantitative estimate of drug-likeness (QED) is 0.483. The summed E-state index contributed by atoms with van der Waals surface area (Å²) in [6, 6.07) is 21.6. The van der Waals surface area contributed by atoms with E-state index >= 15 is 0 Å². The van der Waals surface area contributed by atoms with Crippen LogP contribution in [0, 0.1) is 0 Å². The number of phenols is 1. The van der Waals surface area contributed by atoms with E-state index in [1.165, 1.54) is 6.07 Å². The van der Waals surface area contributed by atoms with Crippen LogP contribution in [0.25, 0.3) is 0 Å². The molecular formula is C25H25N3O4. The number of benzene rings is 3. The second-order valence-electron chi connectivity index (χ2n) is 7.53. The predicted octanol–water partition coefficient (Wildman–Crippen LogP) is 4.39. The topological polar surface area (TPSA) is 90.9 Å². The van der Waals surface area contributed by atoms with E-state index < -0.39 is 0 Å². The zero-order valence-electron chi connectivity index (χ0n) is 17.7. The first-order valence-corrected chi connectivity index (χ1v) is 10.4. The minimum absolute atomic E-state index is 0.0208. The third-order valence-corrected chi connectivity index (χ3v) is 5.43. The van der Waals surface area contributed by atoms with Gasteiger partial charge in [-0.3, -0.25) is 9.59 Å². The number of nitrogens with one attached hydrogen (secondary N) is 2. The standard InChI is InChI=1S/C25H25N3O4/c1-32-18-14-12-17(13-15-18)24-27-20-8-3-2-7-19(20)25(31)28(24)16-6-11-23(30)26-21-9-4-5-10-22(21)29/h2-5,7-10,12-15,24,27,29H,6,11,16H2,1H3,(H,26,30). The Kier molecular flexibility index (Phi) is 6.26. The van der Waals surface area contributed by atoms with E-state index in [-0.39, 0.29) is 30.2 Å². The van der Waals surface area contributed by atoms with Crippen LogP contribution in [0.4, 0.5) is 11.4 Å². The van der Waals surface area contributed by atoms with Gasteiger partial charge in [-0.15, -0.1) is 0 Å². The first kappa shape index (κ1) is 21.2. The molecule has 0 aliphatic carbocycles. The SMILES string of the molecule is COc1ccc(C2Nc3ccccc3C(=O)N2CCCC(=O)Nc2ccccc2O)cc1. The Morgan fingerprint density at radius 1 is 1.06 bits per heavy atom. The number of fused-ring (bicyclic) bond motifs is 1. The van der Waals surface area contributed by atoms with Crippen molar-refractivity contribution >= 4 is 23.2 Å². The highest BCUT2D eigenvalue weighted by Gasteiger charge is 2.32. The number of hydrogen-bond donors (Lipinski definition) is 3. The molecule has 0 saturated heterocycles. The van der Waals surface area contributed by atoms with Gasteiger partial charge in [0, 0.05) is 18.7 Å². The van der Waals surface area contributed by atoms with E-state index in [0.29, 0.717) is 24.2 Å². The number of phenolic OH excluding ortho intramolecular Hbond substituents is 1. The molecule has 1 heterocycles. The Hall–Kier alpha value is -4.00. The molecule has 3 aromatic rings. The van der Waals surface area contributed by atoms with E-state index in [0.717, 1.165) is 17.0 Å². The highest BCUT2D eigenvalue weighted by atomic mass is 16.5. The molecule has 1 atom stereocenters. The van der Waals surface area contributed by atoms with E-state index in [2.05, 4.69) is 10.6 Å². The molecule has 4 rings (SSSR count). The van der Waals surface area contributed by atoms with Gasteiger partial charge in [-0.1, -0.05) is 36.4 Å². The fraction of sp³-hybridized carbons (Fsp3) is 0.200. The monoisotopic (exact) mass is 431 g/mol. The molecule has 7 heteroatoms. The predicted molar refractivity (Wildman–Crippen MR) is 123 cm³/mol. The minimum atomic E-state index is -0.357. The molecule has 2 amide bonds. The van der Waals surface area contributed by atoms with Crippen LogP contribution in [0.2, 0.25) is 0 Å². The van der Waals surface area contributed by atoms with E-state index in [1.807, 2.05) is 42.5 Å². The van der Waals surface area contributed by atoms with Gasteiger partial charge in [0.2, 0.25) is 5.91 Å². The van der Waals surface area contributed by atoms with Crippen molar-refractivity contribution in [3.8, 4) is 11.5 Å². The second kappa shape index (κ2) is 9.43. The van der Waals surface area contributed by atoms with Crippen LogP contribution in [-0.4, -0.2) is 35.5 Å². The molecule has 1 aliphatic rings. The average molecular weight is 431 g/mol. The number of nitrogens with zero attached hydrogens (tertiary/aromatic N) is 1. The van der Waals surface area contributed by atoms with Crippen LogP contribution < -0.4 is 15.4 Å². The number of amides is 2. The van der Waals surface area contributed by atoms with Gasteiger partial charge in [-0.2, -0.15) is 0 Å². The first-order valence-electron chi connectivity index (χ1n) is 10.4. The van der Waals surface area contributed by atoms with E-state index in [4.69, 9.17) is 4.74 Å². The third kappa shape index (κ3) is 4.51. The Morgan fingerprint density at radius 3 is 2.53 bits per heavy atom. The summed E-state index contributed by atoms with van der Waals surface area (Å²) in [6.07, 6.45) is 0.334. The molecule has 0 radical (unpaired) electrons. The number of methoxy groups -OCH3 is 1. The van der Waals surface area contributed by atoms with Gasteiger partial charge in [0.05, 0.1) is 18.4 Å². The number of para-hydroxylation sites is 3. The number of hydrogen-bond acceptors (Lipinski definition) is 5. The molecule has 164 valence electrons. The summed E-state index contributed by atoms with van der Waals surface area (Å²) < 4.78 is 5.25. The summed E-state index contributed by atoms with van der Waals surface area (Å²) in [4.78, 5) is 27.4. The van der Waals surface area contributed by atoms with Gasteiger partial charge >= 0.3 is 0 Å². The lowest BCUT2D eigenvalue weighted by molar-refractivity contribution is -0.116. The zero-order chi connectivity index (χ0) is 22.5. The molecule has 0 saturated carbocycles. The summed E-state index contributed by atoms with van der Waals surface area (Å²) in [5.41, 5.74) is 2.69. The summed E-state index contributed by atoms with van der Waals surface area (Å²) in [5.74, 6) is 0.461. The maximum Gasteiger partial charge on any atom is 0.257 e. The van der Waals surface area contributed by atoms with E-state index in [9.17, 15) is 14.7 Å². The molecular weight excluding hydrogens is 406 g/mol. The minimum Gasteiger partial charge on any atom is -0.506 e. The number of ether oxygens (including phenoxy) is 1. The van der Waals surface area contributed by atoms with Crippen molar-refractivity contribution in [1.29, 1.82) is 0 Å². The molecule has 7 nitrogen and oxygen atoms in total. The summed E-state index contributed by atoms with van der Waals surface area (Å²) in [7, 11) is 1.61. The van der Waals surface area contributed by atoms with Crippen LogP contribution in [0.1, 0.15) is 34.9 Å². The number of aromatic hydroxyl groups is 1. The summed E-state index contributed by atoms with van der Waals surface area (Å²) in [6.45, 7) is 0.394. The Morgan fingerprint density at radius 2 is 1.78 bits per heavy atom. The van der Waals surface area contributed by atoms with Gasteiger partial charge < -0.3 is 25.4 Å². The Bertz CT molecular complexity index is 1110. The number of carbonyl (C=O) groups excluding carboxylic acids is 2. The Balaban J connectivity index is 1.48. The van der Waals surface area contributed by atoms with Gasteiger partial charge in [-0.05, 0) is 48.4 Å². The lowest BCUT2D eigenvalue weighted by atomic mass is 10.0. The molecule has 0 spiro atoms. The Labute approximate surface area is 186 Å². The molecule has 1 unspecified atom stereocenters. The van der Waals surface area contributed by atoms with Crippen LogP contribution in [0.15, 0.2) is 72.8 Å². The molecule has 3 N–H and O–H groups in total. The fourth-order valence-corrected chi connectivity index (χ4v) is 3.77. The third-order valence-electron chi connectivity index (χ3n) is 5.43. The van der Waals surface area contributed by atoms with Crippen LogP contribution in [0.3, 0.4) is 0 Å². The molecule has 32 heavy (non-hydrogen) atoms. The molecule has 0 bridgehead atoms. The highest BCUT2D eigenvalue weighted by Crippen LogP contribution is 2.34. The van der Waals surface area contributed by atoms with Gasteiger partial charge in [0.1, 0.15) is 17.7 Å². The van der Waals surface area contributed by atoms with E-state index in [1.54, 1.807) is 36.3 Å². The van der Waals surface area contributed by atoms with Crippen LogP contribution in [0.5, 0.6) is 11.5 Å². The van der Waals surface area contributed by atoms with Crippen molar-refractivity contribution < 1.29 is 19.4 Å². The lowest BCUT2D eigenvalue weighted by Crippen LogP contribution is -2.43. The summed E-state index contributed by atoms with van der Waals surface area (Å²) >= 11 is 0. The normalized spacial score (nSPS) is 15.0. The van der Waals surface area contributed by atoms with Crippen molar-refractivity contribution in [3.05, 3.63) is 83.9 Å². The van der Waals surface area contributed by atoms with Gasteiger partial charge in [-0.25, -0.2) is 0 Å². The van der Waals surface area contributed by atoms with Crippen molar-refractivity contribution in [2.45, 2.75) is 19.0 Å². The summed E-state index contributed by atoms with van der Waals surface area (Å²) in [5, 5.41) is 16.0. The largest absolute Gasteiger partial charge is 0.506 e. The number of carbonyl (C=O) groups is 2. The maximum absolute atomic E-state index is 13.3. The van der Waals surface area contributed by atoms with Crippen molar-refractivity contribution in [2.75, 3.05) is 24.3 Å². The molecule has 0 fully saturated rings. The maximum atomic E-state index is 13.3. The zero-order valence-corrected chi connectivity index (χ0v) is 17.7. The van der Waals surface area contributed by atoms with Crippen molar-refractivity contribution in [2.24, 2.45) is 0 Å². The van der Waals surface area contributed by atoms with Gasteiger partial charge in [0.15, 0.2) is 0 Å². The van der Waals surface area contributed by atoms with Crippen molar-refractivity contribution in [3.63, 3.8) is 0 Å². The lowest BCUT2D eigenvalue weighted by Gasteiger charge is -2.38. The fourth-order valence-electron chi connectivity index (χ4n) is 3.77.